The molecule has 0 saturated heterocycles. The molecule has 1 unspecified atom stereocenters. The van der Waals surface area contributed by atoms with Gasteiger partial charge in [-0.2, -0.15) is 0 Å². The third-order valence-electron chi connectivity index (χ3n) is 3.31. The van der Waals surface area contributed by atoms with Gasteiger partial charge in [0.1, 0.15) is 5.75 Å². The first-order valence-corrected chi connectivity index (χ1v) is 7.16. The highest BCUT2D eigenvalue weighted by atomic mass is 79.9. The van der Waals surface area contributed by atoms with Crippen molar-refractivity contribution in [3.63, 3.8) is 0 Å². The minimum absolute atomic E-state index is 0.000656. The monoisotopic (exact) mass is 335 g/mol. The Labute approximate surface area is 127 Å². The fourth-order valence-electron chi connectivity index (χ4n) is 2.01. The maximum absolute atomic E-state index is 9.77. The van der Waals surface area contributed by atoms with Gasteiger partial charge in [0.15, 0.2) is 0 Å². The summed E-state index contributed by atoms with van der Waals surface area (Å²) >= 11 is 3.42. The maximum Gasteiger partial charge on any atom is 0.119 e. The Morgan fingerprint density at radius 2 is 1.70 bits per heavy atom. The maximum atomic E-state index is 9.77. The van der Waals surface area contributed by atoms with E-state index in [0.717, 1.165) is 21.5 Å². The number of hydrogen-bond donors (Lipinski definition) is 2. The predicted octanol–water partition coefficient (Wildman–Crippen LogP) is 3.78. The molecule has 0 fully saturated rings. The highest BCUT2D eigenvalue weighted by molar-refractivity contribution is 9.10. The van der Waals surface area contributed by atoms with Gasteiger partial charge in [-0.25, -0.2) is 0 Å². The highest BCUT2D eigenvalue weighted by Crippen LogP contribution is 2.27. The first-order valence-electron chi connectivity index (χ1n) is 6.36. The van der Waals surface area contributed by atoms with Gasteiger partial charge in [0.25, 0.3) is 0 Å². The zero-order valence-corrected chi connectivity index (χ0v) is 13.1. The van der Waals surface area contributed by atoms with Gasteiger partial charge in [-0.15, -0.1) is 0 Å². The van der Waals surface area contributed by atoms with Crippen molar-refractivity contribution in [2.45, 2.75) is 12.5 Å². The molecule has 3 nitrogen and oxygen atoms in total. The normalized spacial score (nSPS) is 13.6. The molecule has 106 valence electrons. The van der Waals surface area contributed by atoms with E-state index in [-0.39, 0.29) is 6.61 Å². The molecule has 4 heteroatoms. The van der Waals surface area contributed by atoms with Crippen LogP contribution < -0.4 is 10.1 Å². The number of aliphatic hydroxyl groups excluding tert-OH is 1. The Hall–Kier alpha value is -1.52. The Balaban J connectivity index is 2.23. The van der Waals surface area contributed by atoms with Crippen molar-refractivity contribution in [3.8, 4) is 5.75 Å². The summed E-state index contributed by atoms with van der Waals surface area (Å²) in [5, 5.41) is 13.1. The Morgan fingerprint density at radius 3 is 2.20 bits per heavy atom. The molecule has 0 saturated carbocycles. The van der Waals surface area contributed by atoms with Crippen LogP contribution in [0.2, 0.25) is 0 Å². The largest absolute Gasteiger partial charge is 0.497 e. The van der Waals surface area contributed by atoms with E-state index in [4.69, 9.17) is 4.74 Å². The third kappa shape index (κ3) is 3.32. The molecule has 20 heavy (non-hydrogen) atoms. The quantitative estimate of drug-likeness (QED) is 0.873. The van der Waals surface area contributed by atoms with Gasteiger partial charge in [0.2, 0.25) is 0 Å². The predicted molar refractivity (Wildman–Crippen MR) is 85.2 cm³/mol. The lowest BCUT2D eigenvalue weighted by molar-refractivity contribution is 0.224. The third-order valence-corrected chi connectivity index (χ3v) is 3.84. The summed E-state index contributed by atoms with van der Waals surface area (Å²) in [5.41, 5.74) is 1.43. The van der Waals surface area contributed by atoms with Crippen molar-refractivity contribution in [1.82, 2.24) is 0 Å². The Bertz CT molecular complexity index is 554. The Kier molecular flexibility index (Phi) is 4.68. The molecule has 0 amide bonds. The van der Waals surface area contributed by atoms with Crippen molar-refractivity contribution >= 4 is 21.6 Å². The fraction of sp³-hybridized carbons (Fsp3) is 0.250. The van der Waals surface area contributed by atoms with Gasteiger partial charge in [-0.1, -0.05) is 28.1 Å². The number of aliphatic hydroxyl groups is 1. The number of nitrogens with one attached hydrogen (secondary N) is 1. The van der Waals surface area contributed by atoms with Crippen molar-refractivity contribution in [2.24, 2.45) is 0 Å². The number of anilines is 1. The zero-order valence-electron chi connectivity index (χ0n) is 11.6. The molecule has 0 aliphatic carbocycles. The highest BCUT2D eigenvalue weighted by Gasteiger charge is 2.25. The van der Waals surface area contributed by atoms with Crippen LogP contribution in [0, 0.1) is 0 Å². The lowest BCUT2D eigenvalue weighted by atomic mass is 9.92. The zero-order chi connectivity index (χ0) is 14.6. The van der Waals surface area contributed by atoms with Gasteiger partial charge >= 0.3 is 0 Å². The molecule has 2 aromatic carbocycles. The van der Waals surface area contributed by atoms with Gasteiger partial charge in [-0.05, 0) is 48.9 Å². The molecule has 2 rings (SSSR count). The van der Waals surface area contributed by atoms with Gasteiger partial charge in [-0.3, -0.25) is 0 Å². The minimum atomic E-state index is -0.532. The van der Waals surface area contributed by atoms with Crippen LogP contribution in [-0.2, 0) is 5.54 Å². The van der Waals surface area contributed by atoms with E-state index in [1.54, 1.807) is 7.11 Å². The molecule has 0 aliphatic heterocycles. The van der Waals surface area contributed by atoms with E-state index in [0.29, 0.717) is 0 Å². The summed E-state index contributed by atoms with van der Waals surface area (Å²) in [5.74, 6) is 0.810. The van der Waals surface area contributed by atoms with E-state index >= 15 is 0 Å². The lowest BCUT2D eigenvalue weighted by Gasteiger charge is -2.30. The van der Waals surface area contributed by atoms with Crippen LogP contribution in [0.1, 0.15) is 12.5 Å². The molecule has 0 heterocycles. The van der Waals surface area contributed by atoms with Crippen LogP contribution in [-0.4, -0.2) is 18.8 Å². The molecule has 0 radical (unpaired) electrons. The first-order chi connectivity index (χ1) is 9.57. The summed E-state index contributed by atoms with van der Waals surface area (Å²) in [6.45, 7) is 1.97. The van der Waals surface area contributed by atoms with E-state index in [9.17, 15) is 5.11 Å². The molecule has 0 aliphatic rings. The van der Waals surface area contributed by atoms with Crippen LogP contribution in [0.4, 0.5) is 5.69 Å². The summed E-state index contributed by atoms with van der Waals surface area (Å²) in [6, 6.07) is 15.6. The smallest absolute Gasteiger partial charge is 0.119 e. The summed E-state index contributed by atoms with van der Waals surface area (Å²) in [7, 11) is 1.64. The first kappa shape index (κ1) is 14.9. The van der Waals surface area contributed by atoms with Crippen LogP contribution in [0.15, 0.2) is 53.0 Å². The number of halogens is 1. The second kappa shape index (κ2) is 6.29. The van der Waals surface area contributed by atoms with Crippen molar-refractivity contribution in [2.75, 3.05) is 19.0 Å². The van der Waals surface area contributed by atoms with Crippen molar-refractivity contribution in [1.29, 1.82) is 0 Å². The minimum Gasteiger partial charge on any atom is -0.497 e. The molecule has 0 spiro atoms. The second-order valence-electron chi connectivity index (χ2n) is 4.85. The lowest BCUT2D eigenvalue weighted by Crippen LogP contribution is -2.35. The second-order valence-corrected chi connectivity index (χ2v) is 5.77. The van der Waals surface area contributed by atoms with E-state index in [1.807, 2.05) is 55.5 Å². The van der Waals surface area contributed by atoms with Crippen LogP contribution >= 0.6 is 15.9 Å². The van der Waals surface area contributed by atoms with E-state index in [2.05, 4.69) is 21.2 Å². The van der Waals surface area contributed by atoms with Crippen LogP contribution in [0.5, 0.6) is 5.75 Å². The molecular formula is C16H18BrNO2. The number of ether oxygens (including phenoxy) is 1. The van der Waals surface area contributed by atoms with Crippen LogP contribution in [0.3, 0.4) is 0 Å². The molecule has 2 aromatic rings. The van der Waals surface area contributed by atoms with Gasteiger partial charge < -0.3 is 15.2 Å². The van der Waals surface area contributed by atoms with Crippen LogP contribution in [0.25, 0.3) is 0 Å². The summed E-state index contributed by atoms with van der Waals surface area (Å²) in [6.07, 6.45) is 0. The van der Waals surface area contributed by atoms with E-state index in [1.165, 1.54) is 0 Å². The standard InChI is InChI=1S/C16H18BrNO2/c1-16(11-19,12-3-5-13(17)6-4-12)18-14-7-9-15(20-2)10-8-14/h3-10,18-19H,11H2,1-2H3. The van der Waals surface area contributed by atoms with Gasteiger partial charge in [0, 0.05) is 10.2 Å². The van der Waals surface area contributed by atoms with Gasteiger partial charge in [0.05, 0.1) is 19.3 Å². The average Bonchev–Trinajstić information content (AvgIpc) is 2.48. The fourth-order valence-corrected chi connectivity index (χ4v) is 2.28. The number of hydrogen-bond acceptors (Lipinski definition) is 3. The Morgan fingerprint density at radius 1 is 1.10 bits per heavy atom. The number of rotatable bonds is 5. The molecular weight excluding hydrogens is 318 g/mol. The summed E-state index contributed by atoms with van der Waals surface area (Å²) in [4.78, 5) is 0. The SMILES string of the molecule is COc1ccc(NC(C)(CO)c2ccc(Br)cc2)cc1. The topological polar surface area (TPSA) is 41.5 Å². The molecule has 1 atom stereocenters. The molecule has 2 N–H and O–H groups in total. The summed E-state index contributed by atoms with van der Waals surface area (Å²) < 4.78 is 6.16. The number of benzene rings is 2. The average molecular weight is 336 g/mol. The number of methoxy groups -OCH3 is 1. The van der Waals surface area contributed by atoms with Crippen molar-refractivity contribution < 1.29 is 9.84 Å². The molecule has 0 bridgehead atoms. The van der Waals surface area contributed by atoms with Crippen molar-refractivity contribution in [3.05, 3.63) is 58.6 Å². The van der Waals surface area contributed by atoms with E-state index < -0.39 is 5.54 Å². The molecule has 0 aromatic heterocycles.